The van der Waals surface area contributed by atoms with Gasteiger partial charge in [0.1, 0.15) is 11.5 Å². The Kier molecular flexibility index (Phi) is 7.81. The molecule has 0 bridgehead atoms. The van der Waals surface area contributed by atoms with E-state index in [4.69, 9.17) is 4.74 Å². The molecule has 6 heteroatoms. The molecule has 1 rings (SSSR count). The topological polar surface area (TPSA) is 70.2 Å². The Labute approximate surface area is 120 Å². The number of carbonyl (C=O) groups excluding carboxylic acids is 1. The number of hydrogen-bond acceptors (Lipinski definition) is 4. The molecular formula is C14H24N4O2. The van der Waals surface area contributed by atoms with Crippen molar-refractivity contribution in [1.29, 1.82) is 0 Å². The molecule has 0 saturated heterocycles. The van der Waals surface area contributed by atoms with E-state index in [0.29, 0.717) is 17.4 Å². The number of ether oxygens (including phenoxy) is 1. The maximum absolute atomic E-state index is 11.9. The number of aromatic nitrogens is 2. The smallest absolute Gasteiger partial charge is 0.269 e. The normalized spacial score (nSPS) is 10.2. The predicted octanol–water partition coefficient (Wildman–Crippen LogP) is 2.40. The summed E-state index contributed by atoms with van der Waals surface area (Å²) in [6.45, 7) is 9.58. The molecule has 0 unspecified atom stereocenters. The second-order valence-corrected chi connectivity index (χ2v) is 4.05. The maximum atomic E-state index is 11.9. The molecule has 0 fully saturated rings. The third-order valence-electron chi connectivity index (χ3n) is 2.06. The number of nitrogens with zero attached hydrogens (tertiary/aromatic N) is 2. The summed E-state index contributed by atoms with van der Waals surface area (Å²) >= 11 is 0. The van der Waals surface area contributed by atoms with Crippen molar-refractivity contribution in [2.24, 2.45) is 0 Å². The second kappa shape index (κ2) is 8.79. The molecule has 2 N–H and O–H groups in total. The Morgan fingerprint density at radius 2 is 2.10 bits per heavy atom. The van der Waals surface area contributed by atoms with Crippen LogP contribution < -0.4 is 10.1 Å². The lowest BCUT2D eigenvalue weighted by Gasteiger charge is -2.14. The first-order chi connectivity index (χ1) is 9.43. The molecule has 0 radical (unpaired) electrons. The van der Waals surface area contributed by atoms with Crippen molar-refractivity contribution in [1.82, 2.24) is 15.1 Å². The van der Waals surface area contributed by atoms with E-state index >= 15 is 0 Å². The van der Waals surface area contributed by atoms with Crippen LogP contribution in [0.25, 0.3) is 0 Å². The number of allylic oxidation sites excluding steroid dienone is 2. The first kappa shape index (κ1) is 17.8. The molecule has 1 aromatic rings. The van der Waals surface area contributed by atoms with Crippen molar-refractivity contribution in [3.63, 3.8) is 0 Å². The zero-order valence-electron chi connectivity index (χ0n) is 13.1. The lowest BCUT2D eigenvalue weighted by atomic mass is 10.2. The number of amides is 1. The summed E-state index contributed by atoms with van der Waals surface area (Å²) in [5.74, 6) is 0.880. The van der Waals surface area contributed by atoms with Gasteiger partial charge in [-0.3, -0.25) is 9.89 Å². The fourth-order valence-electron chi connectivity index (χ4n) is 1.26. The van der Waals surface area contributed by atoms with Crippen LogP contribution in [0.3, 0.4) is 0 Å². The van der Waals surface area contributed by atoms with E-state index in [2.05, 4.69) is 22.1 Å². The Bertz CT molecular complexity index is 475. The number of methoxy groups -OCH3 is 1. The summed E-state index contributed by atoms with van der Waals surface area (Å²) in [5, 5.41) is 9.57. The Hall–Kier alpha value is -2.24. The highest BCUT2D eigenvalue weighted by atomic mass is 16.5. The third kappa shape index (κ3) is 5.60. The van der Waals surface area contributed by atoms with Gasteiger partial charge in [-0.15, -0.1) is 5.10 Å². The van der Waals surface area contributed by atoms with Crippen LogP contribution in [0.4, 0.5) is 5.82 Å². The van der Waals surface area contributed by atoms with Crippen molar-refractivity contribution in [3.8, 4) is 5.88 Å². The summed E-state index contributed by atoms with van der Waals surface area (Å²) in [7, 11) is 4.89. The Morgan fingerprint density at radius 1 is 1.50 bits per heavy atom. The molecule has 0 atom stereocenters. The summed E-state index contributed by atoms with van der Waals surface area (Å²) < 4.78 is 4.95. The zero-order valence-corrected chi connectivity index (χ0v) is 13.1. The van der Waals surface area contributed by atoms with Gasteiger partial charge >= 0.3 is 0 Å². The van der Waals surface area contributed by atoms with E-state index < -0.39 is 0 Å². The molecule has 0 aliphatic rings. The Morgan fingerprint density at radius 3 is 2.50 bits per heavy atom. The van der Waals surface area contributed by atoms with Crippen molar-refractivity contribution >= 4 is 11.7 Å². The van der Waals surface area contributed by atoms with E-state index in [0.717, 1.165) is 5.57 Å². The highest BCUT2D eigenvalue weighted by Gasteiger charge is 2.13. The summed E-state index contributed by atoms with van der Waals surface area (Å²) in [5.41, 5.74) is 1.19. The first-order valence-electron chi connectivity index (χ1n) is 6.39. The molecule has 0 aliphatic heterocycles. The molecule has 0 aliphatic carbocycles. The lowest BCUT2D eigenvalue weighted by molar-refractivity contribution is -0.124. The summed E-state index contributed by atoms with van der Waals surface area (Å²) in [4.78, 5) is 13.4. The van der Waals surface area contributed by atoms with Crippen molar-refractivity contribution in [2.75, 3.05) is 26.5 Å². The van der Waals surface area contributed by atoms with Gasteiger partial charge in [-0.1, -0.05) is 26.0 Å². The molecule has 0 spiro atoms. The molecule has 0 aromatic carbocycles. The molecule has 0 saturated carbocycles. The van der Waals surface area contributed by atoms with Gasteiger partial charge in [-0.05, 0) is 13.0 Å². The minimum atomic E-state index is -0.147. The first-order valence-corrected chi connectivity index (χ1v) is 6.39. The van der Waals surface area contributed by atoms with Crippen molar-refractivity contribution < 1.29 is 9.53 Å². The molecule has 1 amide bonds. The summed E-state index contributed by atoms with van der Waals surface area (Å²) in [6.07, 6.45) is 1.68. The van der Waals surface area contributed by atoms with Crippen LogP contribution in [0, 0.1) is 0 Å². The highest BCUT2D eigenvalue weighted by Crippen LogP contribution is 2.15. The van der Waals surface area contributed by atoms with Crippen LogP contribution in [0.5, 0.6) is 5.88 Å². The van der Waals surface area contributed by atoms with E-state index in [1.165, 1.54) is 12.0 Å². The molecule has 112 valence electrons. The lowest BCUT2D eigenvalue weighted by Crippen LogP contribution is -2.27. The van der Waals surface area contributed by atoms with Gasteiger partial charge in [0.15, 0.2) is 0 Å². The number of anilines is 1. The number of aromatic amines is 1. The van der Waals surface area contributed by atoms with Crippen LogP contribution in [0.1, 0.15) is 20.8 Å². The van der Waals surface area contributed by atoms with E-state index in [9.17, 15) is 4.79 Å². The predicted molar refractivity (Wildman–Crippen MR) is 81.7 cm³/mol. The molecule has 20 heavy (non-hydrogen) atoms. The molecule has 6 nitrogen and oxygen atoms in total. The van der Waals surface area contributed by atoms with Gasteiger partial charge < -0.3 is 15.0 Å². The van der Waals surface area contributed by atoms with Gasteiger partial charge in [0.2, 0.25) is 5.88 Å². The minimum Gasteiger partial charge on any atom is -0.480 e. The van der Waals surface area contributed by atoms with Crippen molar-refractivity contribution in [3.05, 3.63) is 30.0 Å². The fourth-order valence-corrected chi connectivity index (χ4v) is 1.26. The summed E-state index contributed by atoms with van der Waals surface area (Å²) in [6, 6.07) is 1.66. The average Bonchev–Trinajstić information content (AvgIpc) is 2.86. The van der Waals surface area contributed by atoms with E-state index in [-0.39, 0.29) is 5.91 Å². The van der Waals surface area contributed by atoms with Gasteiger partial charge in [0.25, 0.3) is 5.91 Å². The van der Waals surface area contributed by atoms with Crippen molar-refractivity contribution in [2.45, 2.75) is 20.8 Å². The number of rotatable bonds is 5. The van der Waals surface area contributed by atoms with Crippen LogP contribution in [-0.2, 0) is 4.79 Å². The molecule has 1 heterocycles. The number of carbonyl (C=O) groups is 1. The SMILES string of the molecule is C=C(C)/C=C(/Nc1cc(OC)n[nH]1)C(=O)N(C)C.CC. The van der Waals surface area contributed by atoms with Crippen LogP contribution >= 0.6 is 0 Å². The monoisotopic (exact) mass is 280 g/mol. The van der Waals surface area contributed by atoms with Gasteiger partial charge in [-0.2, -0.15) is 0 Å². The van der Waals surface area contributed by atoms with Crippen LogP contribution in [0.2, 0.25) is 0 Å². The number of H-pyrrole nitrogens is 1. The maximum Gasteiger partial charge on any atom is 0.269 e. The number of likely N-dealkylation sites (N-methyl/N-ethyl adjacent to an activating group) is 1. The van der Waals surface area contributed by atoms with E-state index in [1.54, 1.807) is 26.2 Å². The van der Waals surface area contributed by atoms with E-state index in [1.807, 2.05) is 20.8 Å². The highest BCUT2D eigenvalue weighted by molar-refractivity contribution is 5.96. The number of hydrogen-bond donors (Lipinski definition) is 2. The minimum absolute atomic E-state index is 0.147. The van der Waals surface area contributed by atoms with Gasteiger partial charge in [0, 0.05) is 20.2 Å². The van der Waals surface area contributed by atoms with Crippen LogP contribution in [-0.4, -0.2) is 42.2 Å². The third-order valence-corrected chi connectivity index (χ3v) is 2.06. The zero-order chi connectivity index (χ0) is 15.7. The average molecular weight is 280 g/mol. The van der Waals surface area contributed by atoms with Crippen LogP contribution in [0.15, 0.2) is 30.0 Å². The second-order valence-electron chi connectivity index (χ2n) is 4.05. The largest absolute Gasteiger partial charge is 0.480 e. The standard InChI is InChI=1S/C12H18N4O2.C2H6/c1-8(2)6-9(12(17)16(3)4)13-10-7-11(18-5)15-14-10;1-2/h6-7H,1H2,2-5H3,(H2,13,14,15);1-2H3/b9-6+;. The Balaban J connectivity index is 0.00000172. The number of nitrogens with one attached hydrogen (secondary N) is 2. The molecular weight excluding hydrogens is 256 g/mol. The molecule has 1 aromatic heterocycles. The quantitative estimate of drug-likeness (QED) is 0.642. The van der Waals surface area contributed by atoms with Gasteiger partial charge in [0.05, 0.1) is 7.11 Å². The fraction of sp³-hybridized carbons (Fsp3) is 0.429. The van der Waals surface area contributed by atoms with Gasteiger partial charge in [-0.25, -0.2) is 0 Å².